The molecule has 4 rings (SSSR count). The molecule has 0 N–H and O–H groups in total. The number of amides is 1. The summed E-state index contributed by atoms with van der Waals surface area (Å²) in [4.78, 5) is 14.8. The van der Waals surface area contributed by atoms with Gasteiger partial charge in [0.2, 0.25) is 5.91 Å². The molecule has 1 saturated heterocycles. The van der Waals surface area contributed by atoms with Gasteiger partial charge in [-0.2, -0.15) is 10.2 Å². The molecule has 0 radical (unpaired) electrons. The van der Waals surface area contributed by atoms with Crippen LogP contribution in [0.5, 0.6) is 0 Å². The summed E-state index contributed by atoms with van der Waals surface area (Å²) >= 11 is 0. The fraction of sp³-hybridized carbons (Fsp3) is 0.350. The van der Waals surface area contributed by atoms with Crippen LogP contribution in [0.2, 0.25) is 0 Å². The molecule has 0 bridgehead atoms. The normalized spacial score (nSPS) is 17.0. The second kappa shape index (κ2) is 7.15. The van der Waals surface area contributed by atoms with Crippen molar-refractivity contribution in [2.24, 2.45) is 0 Å². The first-order valence-electron chi connectivity index (χ1n) is 9.06. The third kappa shape index (κ3) is 3.54. The predicted molar refractivity (Wildman–Crippen MR) is 99.0 cm³/mol. The van der Waals surface area contributed by atoms with Crippen molar-refractivity contribution in [2.75, 3.05) is 6.54 Å². The lowest BCUT2D eigenvalue weighted by Gasteiger charge is -2.24. The van der Waals surface area contributed by atoms with E-state index < -0.39 is 0 Å². The zero-order chi connectivity index (χ0) is 17.9. The van der Waals surface area contributed by atoms with E-state index in [2.05, 4.69) is 10.2 Å². The van der Waals surface area contributed by atoms with Crippen LogP contribution in [0.1, 0.15) is 24.0 Å². The molecule has 26 heavy (non-hydrogen) atoms. The molecule has 0 unspecified atom stereocenters. The molecule has 0 aliphatic carbocycles. The number of aryl methyl sites for hydroxylation is 1. The smallest absolute Gasteiger partial charge is 0.227 e. The third-order valence-corrected chi connectivity index (χ3v) is 4.87. The molecule has 6 nitrogen and oxygen atoms in total. The maximum Gasteiger partial charge on any atom is 0.227 e. The number of nitrogens with zero attached hydrogens (tertiary/aromatic N) is 5. The van der Waals surface area contributed by atoms with E-state index in [0.29, 0.717) is 6.42 Å². The molecule has 1 aliphatic rings. The Kier molecular flexibility index (Phi) is 4.56. The van der Waals surface area contributed by atoms with Crippen molar-refractivity contribution < 1.29 is 4.79 Å². The number of aromatic nitrogens is 4. The van der Waals surface area contributed by atoms with Gasteiger partial charge in [-0.05, 0) is 43.0 Å². The molecular formula is C20H23N5O. The summed E-state index contributed by atoms with van der Waals surface area (Å²) in [6, 6.07) is 10.2. The van der Waals surface area contributed by atoms with Gasteiger partial charge in [-0.1, -0.05) is 18.2 Å². The topological polar surface area (TPSA) is 56.0 Å². The fourth-order valence-corrected chi connectivity index (χ4v) is 3.59. The Morgan fingerprint density at radius 3 is 2.77 bits per heavy atom. The highest BCUT2D eigenvalue weighted by atomic mass is 16.2. The van der Waals surface area contributed by atoms with E-state index in [1.54, 1.807) is 6.20 Å². The Labute approximate surface area is 153 Å². The summed E-state index contributed by atoms with van der Waals surface area (Å²) in [5.41, 5.74) is 3.09. The standard InChI is InChI=1S/C20H23N5O/c1-16-11-21-23(13-16)15-19-8-5-9-24(19)20(26)10-17-12-22-25(14-17)18-6-3-2-4-7-18/h2-4,6-7,11-14,19H,5,8-10,15H2,1H3/t19-/m1/s1. The first kappa shape index (κ1) is 16.6. The van der Waals surface area contributed by atoms with Gasteiger partial charge in [0.05, 0.1) is 37.1 Å². The largest absolute Gasteiger partial charge is 0.338 e. The zero-order valence-corrected chi connectivity index (χ0v) is 15.0. The van der Waals surface area contributed by atoms with Crippen LogP contribution in [-0.4, -0.2) is 43.0 Å². The molecular weight excluding hydrogens is 326 g/mol. The van der Waals surface area contributed by atoms with Crippen LogP contribution in [0.25, 0.3) is 5.69 Å². The summed E-state index contributed by atoms with van der Waals surface area (Å²) < 4.78 is 3.76. The van der Waals surface area contributed by atoms with Crippen molar-refractivity contribution in [2.45, 2.75) is 38.8 Å². The van der Waals surface area contributed by atoms with Crippen LogP contribution in [0.3, 0.4) is 0 Å². The quantitative estimate of drug-likeness (QED) is 0.711. The maximum atomic E-state index is 12.8. The monoisotopic (exact) mass is 349 g/mol. The van der Waals surface area contributed by atoms with Gasteiger partial charge in [-0.15, -0.1) is 0 Å². The van der Waals surface area contributed by atoms with Crippen molar-refractivity contribution in [1.82, 2.24) is 24.5 Å². The molecule has 0 saturated carbocycles. The summed E-state index contributed by atoms with van der Waals surface area (Å²) in [5.74, 6) is 0.170. The van der Waals surface area contributed by atoms with Crippen molar-refractivity contribution in [3.8, 4) is 5.69 Å². The van der Waals surface area contributed by atoms with E-state index in [9.17, 15) is 4.79 Å². The number of hydrogen-bond acceptors (Lipinski definition) is 3. The highest BCUT2D eigenvalue weighted by Crippen LogP contribution is 2.20. The van der Waals surface area contributed by atoms with E-state index in [0.717, 1.165) is 42.7 Å². The van der Waals surface area contributed by atoms with Crippen LogP contribution in [0.15, 0.2) is 55.1 Å². The van der Waals surface area contributed by atoms with Crippen LogP contribution in [0, 0.1) is 6.92 Å². The van der Waals surface area contributed by atoms with Gasteiger partial charge in [0.1, 0.15) is 0 Å². The van der Waals surface area contributed by atoms with E-state index >= 15 is 0 Å². The Bertz CT molecular complexity index is 883. The molecule has 3 aromatic rings. The highest BCUT2D eigenvalue weighted by molar-refractivity contribution is 5.79. The molecule has 1 aliphatic heterocycles. The van der Waals surface area contributed by atoms with Crippen LogP contribution in [-0.2, 0) is 17.8 Å². The molecule has 1 amide bonds. The number of para-hydroxylation sites is 1. The lowest BCUT2D eigenvalue weighted by molar-refractivity contribution is -0.131. The summed E-state index contributed by atoms with van der Waals surface area (Å²) in [6.07, 6.45) is 10.1. The lowest BCUT2D eigenvalue weighted by atomic mass is 10.2. The molecule has 1 aromatic carbocycles. The van der Waals surface area contributed by atoms with Gasteiger partial charge in [-0.3, -0.25) is 9.48 Å². The predicted octanol–water partition coefficient (Wildman–Crippen LogP) is 2.61. The van der Waals surface area contributed by atoms with Crippen molar-refractivity contribution in [1.29, 1.82) is 0 Å². The summed E-state index contributed by atoms with van der Waals surface area (Å²) in [7, 11) is 0. The fourth-order valence-electron chi connectivity index (χ4n) is 3.59. The van der Waals surface area contributed by atoms with E-state index in [4.69, 9.17) is 0 Å². The van der Waals surface area contributed by atoms with Gasteiger partial charge in [0, 0.05) is 18.9 Å². The van der Waals surface area contributed by atoms with Crippen LogP contribution < -0.4 is 0 Å². The molecule has 3 heterocycles. The van der Waals surface area contributed by atoms with E-state index in [1.807, 2.05) is 70.1 Å². The maximum absolute atomic E-state index is 12.8. The molecule has 6 heteroatoms. The first-order chi connectivity index (χ1) is 12.7. The van der Waals surface area contributed by atoms with E-state index in [1.165, 1.54) is 0 Å². The molecule has 2 aromatic heterocycles. The SMILES string of the molecule is Cc1cnn(C[C@H]2CCCN2C(=O)Cc2cnn(-c3ccccc3)c2)c1. The number of benzene rings is 1. The van der Waals surface area contributed by atoms with Gasteiger partial charge in [0.15, 0.2) is 0 Å². The Morgan fingerprint density at radius 1 is 1.15 bits per heavy atom. The second-order valence-corrected chi connectivity index (χ2v) is 6.93. The average Bonchev–Trinajstić information content (AvgIpc) is 3.38. The number of likely N-dealkylation sites (tertiary alicyclic amines) is 1. The summed E-state index contributed by atoms with van der Waals surface area (Å²) in [6.45, 7) is 3.63. The number of hydrogen-bond donors (Lipinski definition) is 0. The number of rotatable bonds is 5. The third-order valence-electron chi connectivity index (χ3n) is 4.87. The van der Waals surface area contributed by atoms with Crippen molar-refractivity contribution in [3.63, 3.8) is 0 Å². The molecule has 0 spiro atoms. The molecule has 134 valence electrons. The van der Waals surface area contributed by atoms with Gasteiger partial charge >= 0.3 is 0 Å². The highest BCUT2D eigenvalue weighted by Gasteiger charge is 2.29. The zero-order valence-electron chi connectivity index (χ0n) is 15.0. The minimum atomic E-state index is 0.170. The minimum absolute atomic E-state index is 0.170. The number of carbonyl (C=O) groups excluding carboxylic acids is 1. The summed E-state index contributed by atoms with van der Waals surface area (Å²) in [5, 5.41) is 8.75. The van der Waals surface area contributed by atoms with Gasteiger partial charge in [-0.25, -0.2) is 4.68 Å². The van der Waals surface area contributed by atoms with Crippen molar-refractivity contribution in [3.05, 3.63) is 66.2 Å². The van der Waals surface area contributed by atoms with Gasteiger partial charge in [0.25, 0.3) is 0 Å². The molecule has 1 atom stereocenters. The van der Waals surface area contributed by atoms with E-state index in [-0.39, 0.29) is 11.9 Å². The Morgan fingerprint density at radius 2 is 2.00 bits per heavy atom. The first-order valence-corrected chi connectivity index (χ1v) is 9.06. The lowest BCUT2D eigenvalue weighted by Crippen LogP contribution is -2.39. The average molecular weight is 349 g/mol. The Hall–Kier alpha value is -2.89. The second-order valence-electron chi connectivity index (χ2n) is 6.93. The minimum Gasteiger partial charge on any atom is -0.338 e. The number of carbonyl (C=O) groups is 1. The van der Waals surface area contributed by atoms with Crippen LogP contribution in [0.4, 0.5) is 0 Å². The molecule has 1 fully saturated rings. The van der Waals surface area contributed by atoms with Gasteiger partial charge < -0.3 is 4.90 Å². The Balaban J connectivity index is 1.42. The van der Waals surface area contributed by atoms with Crippen LogP contribution >= 0.6 is 0 Å². The van der Waals surface area contributed by atoms with Crippen molar-refractivity contribution >= 4 is 5.91 Å².